The maximum absolute atomic E-state index is 6.22. The highest BCUT2D eigenvalue weighted by molar-refractivity contribution is 5.13. The highest BCUT2D eigenvalue weighted by Crippen LogP contribution is 2.19. The Hall–Kier alpha value is -1.68. The lowest BCUT2D eigenvalue weighted by Crippen LogP contribution is -2.17. The molecule has 0 saturated carbocycles. The van der Waals surface area contributed by atoms with Crippen LogP contribution in [0.15, 0.2) is 37.1 Å². The van der Waals surface area contributed by atoms with Gasteiger partial charge in [0.25, 0.3) is 0 Å². The number of hydrogen-bond donors (Lipinski definition) is 1. The third kappa shape index (κ3) is 3.17. The molecule has 4 heteroatoms. The van der Waals surface area contributed by atoms with Crippen LogP contribution in [0.4, 0.5) is 0 Å². The summed E-state index contributed by atoms with van der Waals surface area (Å²) in [5, 5.41) is 0. The minimum atomic E-state index is 0.0503. The van der Waals surface area contributed by atoms with Crippen molar-refractivity contribution < 1.29 is 0 Å². The molecule has 0 amide bonds. The largest absolute Gasteiger partial charge is 0.329 e. The van der Waals surface area contributed by atoms with Gasteiger partial charge in [0.2, 0.25) is 0 Å². The van der Waals surface area contributed by atoms with Gasteiger partial charge in [-0.25, -0.2) is 4.98 Å². The van der Waals surface area contributed by atoms with Crippen LogP contribution >= 0.6 is 0 Å². The molecule has 0 aromatic carbocycles. The molecule has 0 fully saturated rings. The van der Waals surface area contributed by atoms with E-state index in [9.17, 15) is 0 Å². The molecule has 0 aliphatic carbocycles. The summed E-state index contributed by atoms with van der Waals surface area (Å²) >= 11 is 0. The van der Waals surface area contributed by atoms with Crippen molar-refractivity contribution in [1.82, 2.24) is 14.5 Å². The second-order valence-electron chi connectivity index (χ2n) is 5.04. The predicted octanol–water partition coefficient (Wildman–Crippen LogP) is 2.37. The number of pyridine rings is 1. The molecule has 2 N–H and O–H groups in total. The van der Waals surface area contributed by atoms with Gasteiger partial charge < -0.3 is 10.3 Å². The number of nitrogens with zero attached hydrogens (tertiary/aromatic N) is 3. The summed E-state index contributed by atoms with van der Waals surface area (Å²) in [6.07, 6.45) is 8.30. The second kappa shape index (κ2) is 5.78. The molecular weight excluding hydrogens is 224 g/mol. The van der Waals surface area contributed by atoms with E-state index in [0.717, 1.165) is 18.7 Å². The lowest BCUT2D eigenvalue weighted by molar-refractivity contribution is 0.488. The van der Waals surface area contributed by atoms with Crippen LogP contribution in [0, 0.1) is 5.92 Å². The molecule has 1 atom stereocenters. The van der Waals surface area contributed by atoms with Crippen LogP contribution in [0.25, 0.3) is 0 Å². The van der Waals surface area contributed by atoms with E-state index in [-0.39, 0.29) is 6.04 Å². The zero-order valence-electron chi connectivity index (χ0n) is 11.0. The van der Waals surface area contributed by atoms with Crippen molar-refractivity contribution in [1.29, 1.82) is 0 Å². The fourth-order valence-electron chi connectivity index (χ4n) is 2.09. The van der Waals surface area contributed by atoms with Gasteiger partial charge >= 0.3 is 0 Å². The first-order valence-corrected chi connectivity index (χ1v) is 6.31. The van der Waals surface area contributed by atoms with Gasteiger partial charge in [0.15, 0.2) is 0 Å². The minimum absolute atomic E-state index is 0.0503. The van der Waals surface area contributed by atoms with Gasteiger partial charge in [-0.05, 0) is 30.0 Å². The summed E-state index contributed by atoms with van der Waals surface area (Å²) in [6, 6.07) is 4.07. The first-order valence-electron chi connectivity index (χ1n) is 6.31. The number of aromatic nitrogens is 3. The maximum atomic E-state index is 6.22. The van der Waals surface area contributed by atoms with E-state index in [1.807, 2.05) is 24.7 Å². The number of imidazole rings is 1. The van der Waals surface area contributed by atoms with E-state index in [2.05, 4.69) is 28.4 Å². The molecule has 18 heavy (non-hydrogen) atoms. The minimum Gasteiger partial charge on any atom is -0.329 e. The molecule has 2 rings (SSSR count). The zero-order chi connectivity index (χ0) is 13.0. The van der Waals surface area contributed by atoms with Crippen LogP contribution in [0.3, 0.4) is 0 Å². The first-order chi connectivity index (χ1) is 8.66. The van der Waals surface area contributed by atoms with Crippen molar-refractivity contribution in [3.05, 3.63) is 48.3 Å². The Morgan fingerprint density at radius 2 is 1.94 bits per heavy atom. The zero-order valence-corrected chi connectivity index (χ0v) is 11.0. The molecule has 0 aliphatic rings. The van der Waals surface area contributed by atoms with Crippen molar-refractivity contribution >= 4 is 0 Å². The number of hydrogen-bond acceptors (Lipinski definition) is 3. The molecule has 0 spiro atoms. The fraction of sp³-hybridized carbons (Fsp3) is 0.429. The van der Waals surface area contributed by atoms with Gasteiger partial charge in [-0.3, -0.25) is 4.98 Å². The Bertz CT molecular complexity index is 476. The maximum Gasteiger partial charge on any atom is 0.0951 e. The highest BCUT2D eigenvalue weighted by Gasteiger charge is 2.13. The summed E-state index contributed by atoms with van der Waals surface area (Å²) < 4.78 is 2.11. The lowest BCUT2D eigenvalue weighted by atomic mass is 10.0. The SMILES string of the molecule is CC(C)CC(N)c1cncn1Cc1ccncc1. The van der Waals surface area contributed by atoms with E-state index in [4.69, 9.17) is 5.73 Å². The average molecular weight is 244 g/mol. The van der Waals surface area contributed by atoms with Gasteiger partial charge in [-0.1, -0.05) is 13.8 Å². The van der Waals surface area contributed by atoms with E-state index in [0.29, 0.717) is 5.92 Å². The Balaban J connectivity index is 2.13. The summed E-state index contributed by atoms with van der Waals surface area (Å²) in [5.74, 6) is 0.587. The Morgan fingerprint density at radius 3 is 2.61 bits per heavy atom. The fourth-order valence-corrected chi connectivity index (χ4v) is 2.09. The topological polar surface area (TPSA) is 56.7 Å². The van der Waals surface area contributed by atoms with Crippen LogP contribution in [0.1, 0.15) is 37.6 Å². The van der Waals surface area contributed by atoms with E-state index >= 15 is 0 Å². The molecule has 0 saturated heterocycles. The van der Waals surface area contributed by atoms with Crippen molar-refractivity contribution in [2.24, 2.45) is 11.7 Å². The summed E-state index contributed by atoms with van der Waals surface area (Å²) in [4.78, 5) is 8.24. The summed E-state index contributed by atoms with van der Waals surface area (Å²) in [5.41, 5.74) is 8.53. The van der Waals surface area contributed by atoms with Crippen LogP contribution in [0.5, 0.6) is 0 Å². The lowest BCUT2D eigenvalue weighted by Gasteiger charge is -2.16. The standard InChI is InChI=1S/C14H20N4/c1-11(2)7-13(15)14-8-17-10-18(14)9-12-3-5-16-6-4-12/h3-6,8,10-11,13H,7,9,15H2,1-2H3. The third-order valence-electron chi connectivity index (χ3n) is 2.95. The highest BCUT2D eigenvalue weighted by atomic mass is 15.1. The van der Waals surface area contributed by atoms with Crippen molar-refractivity contribution in [3.8, 4) is 0 Å². The number of nitrogens with two attached hydrogens (primary N) is 1. The van der Waals surface area contributed by atoms with E-state index in [1.54, 1.807) is 12.4 Å². The predicted molar refractivity (Wildman–Crippen MR) is 71.9 cm³/mol. The Kier molecular flexibility index (Phi) is 4.10. The van der Waals surface area contributed by atoms with Crippen molar-refractivity contribution in [2.45, 2.75) is 32.9 Å². The second-order valence-corrected chi connectivity index (χ2v) is 5.04. The summed E-state index contributed by atoms with van der Waals surface area (Å²) in [6.45, 7) is 5.16. The first kappa shape index (κ1) is 12.8. The van der Waals surface area contributed by atoms with Crippen LogP contribution in [0.2, 0.25) is 0 Å². The third-order valence-corrected chi connectivity index (χ3v) is 2.95. The molecular formula is C14H20N4. The Labute approximate surface area is 108 Å². The van der Waals surface area contributed by atoms with Crippen LogP contribution < -0.4 is 5.73 Å². The smallest absolute Gasteiger partial charge is 0.0951 e. The normalized spacial score (nSPS) is 12.9. The van der Waals surface area contributed by atoms with Gasteiger partial charge in [0.05, 0.1) is 12.0 Å². The van der Waals surface area contributed by atoms with Gasteiger partial charge in [0, 0.05) is 31.2 Å². The molecule has 1 unspecified atom stereocenters. The van der Waals surface area contributed by atoms with Gasteiger partial charge in [-0.2, -0.15) is 0 Å². The van der Waals surface area contributed by atoms with Crippen molar-refractivity contribution in [3.63, 3.8) is 0 Å². The summed E-state index contributed by atoms with van der Waals surface area (Å²) in [7, 11) is 0. The molecule has 2 aromatic rings. The van der Waals surface area contributed by atoms with Crippen LogP contribution in [-0.4, -0.2) is 14.5 Å². The molecule has 0 aliphatic heterocycles. The molecule has 0 bridgehead atoms. The monoisotopic (exact) mass is 244 g/mol. The van der Waals surface area contributed by atoms with E-state index < -0.39 is 0 Å². The molecule has 0 radical (unpaired) electrons. The Morgan fingerprint density at radius 1 is 1.22 bits per heavy atom. The average Bonchev–Trinajstić information content (AvgIpc) is 2.77. The molecule has 2 aromatic heterocycles. The number of rotatable bonds is 5. The molecule has 4 nitrogen and oxygen atoms in total. The van der Waals surface area contributed by atoms with Crippen molar-refractivity contribution in [2.75, 3.05) is 0 Å². The van der Waals surface area contributed by atoms with Gasteiger partial charge in [-0.15, -0.1) is 0 Å². The van der Waals surface area contributed by atoms with E-state index in [1.165, 1.54) is 5.56 Å². The van der Waals surface area contributed by atoms with Gasteiger partial charge in [0.1, 0.15) is 0 Å². The molecule has 2 heterocycles. The molecule has 96 valence electrons. The van der Waals surface area contributed by atoms with Crippen LogP contribution in [-0.2, 0) is 6.54 Å². The quantitative estimate of drug-likeness (QED) is 0.878.